The van der Waals surface area contributed by atoms with Crippen molar-refractivity contribution >= 4 is 11.8 Å². The first-order valence-electron chi connectivity index (χ1n) is 5.74. The molecule has 14 heavy (non-hydrogen) atoms. The summed E-state index contributed by atoms with van der Waals surface area (Å²) in [6.45, 7) is 8.07. The molecule has 1 atom stereocenters. The van der Waals surface area contributed by atoms with Crippen LogP contribution in [0, 0.1) is 5.92 Å². The molecular formula is C11H24N2S. The third-order valence-electron chi connectivity index (χ3n) is 2.58. The van der Waals surface area contributed by atoms with Crippen LogP contribution in [0.3, 0.4) is 0 Å². The zero-order valence-corrected chi connectivity index (χ0v) is 10.4. The maximum atomic E-state index is 6.11. The summed E-state index contributed by atoms with van der Waals surface area (Å²) in [6.07, 6.45) is 2.49. The second-order valence-electron chi connectivity index (χ2n) is 4.66. The van der Waals surface area contributed by atoms with E-state index in [1.165, 1.54) is 31.0 Å². The van der Waals surface area contributed by atoms with Crippen LogP contribution in [0.1, 0.15) is 26.7 Å². The predicted octanol–water partition coefficient (Wildman–Crippen LogP) is 1.80. The van der Waals surface area contributed by atoms with Gasteiger partial charge in [-0.05, 0) is 31.1 Å². The molecule has 0 saturated carbocycles. The van der Waals surface area contributed by atoms with Crippen LogP contribution in [0.4, 0.5) is 0 Å². The van der Waals surface area contributed by atoms with Crippen molar-refractivity contribution in [2.75, 3.05) is 31.1 Å². The summed E-state index contributed by atoms with van der Waals surface area (Å²) in [4.78, 5) is 2.53. The van der Waals surface area contributed by atoms with Crippen LogP contribution in [-0.4, -0.2) is 42.1 Å². The molecule has 1 fully saturated rings. The third-order valence-corrected chi connectivity index (χ3v) is 3.63. The molecule has 0 amide bonds. The van der Waals surface area contributed by atoms with Crippen molar-refractivity contribution in [3.8, 4) is 0 Å². The number of nitrogens with zero attached hydrogens (tertiary/aromatic N) is 1. The van der Waals surface area contributed by atoms with Gasteiger partial charge in [0, 0.05) is 24.9 Å². The van der Waals surface area contributed by atoms with Crippen LogP contribution in [0.5, 0.6) is 0 Å². The van der Waals surface area contributed by atoms with E-state index in [9.17, 15) is 0 Å². The highest BCUT2D eigenvalue weighted by Crippen LogP contribution is 2.11. The third kappa shape index (κ3) is 5.23. The lowest BCUT2D eigenvalue weighted by Crippen LogP contribution is -2.39. The van der Waals surface area contributed by atoms with Gasteiger partial charge in [0.25, 0.3) is 0 Å². The molecule has 1 unspecified atom stereocenters. The van der Waals surface area contributed by atoms with Crippen molar-refractivity contribution in [2.24, 2.45) is 11.7 Å². The Bertz CT molecular complexity index is 142. The fraction of sp³-hybridized carbons (Fsp3) is 1.00. The maximum Gasteiger partial charge on any atom is 0.0170 e. The fourth-order valence-corrected chi connectivity index (χ4v) is 2.92. The highest BCUT2D eigenvalue weighted by molar-refractivity contribution is 7.99. The number of hydrogen-bond donors (Lipinski definition) is 1. The first-order valence-corrected chi connectivity index (χ1v) is 6.89. The average molecular weight is 216 g/mol. The Morgan fingerprint density at radius 1 is 1.29 bits per heavy atom. The fourth-order valence-electron chi connectivity index (χ4n) is 1.99. The van der Waals surface area contributed by atoms with Crippen molar-refractivity contribution < 1.29 is 0 Å². The molecule has 0 radical (unpaired) electrons. The van der Waals surface area contributed by atoms with Crippen LogP contribution < -0.4 is 5.73 Å². The summed E-state index contributed by atoms with van der Waals surface area (Å²) in [5.41, 5.74) is 6.11. The lowest BCUT2D eigenvalue weighted by atomic mass is 10.0. The van der Waals surface area contributed by atoms with Gasteiger partial charge in [-0.3, -0.25) is 0 Å². The minimum absolute atomic E-state index is 0.373. The average Bonchev–Trinajstić information content (AvgIpc) is 2.31. The molecule has 0 aromatic rings. The van der Waals surface area contributed by atoms with Crippen LogP contribution in [-0.2, 0) is 0 Å². The Kier molecular flexibility index (Phi) is 5.90. The molecule has 1 aliphatic heterocycles. The van der Waals surface area contributed by atoms with E-state index in [0.717, 1.165) is 18.9 Å². The minimum Gasteiger partial charge on any atom is -0.327 e. The largest absolute Gasteiger partial charge is 0.327 e. The van der Waals surface area contributed by atoms with Gasteiger partial charge in [0.2, 0.25) is 0 Å². The Labute approximate surface area is 92.6 Å². The van der Waals surface area contributed by atoms with Crippen molar-refractivity contribution in [2.45, 2.75) is 32.7 Å². The molecular weight excluding hydrogens is 192 g/mol. The Morgan fingerprint density at radius 2 is 2.07 bits per heavy atom. The quantitative estimate of drug-likeness (QED) is 0.777. The molecule has 0 aromatic heterocycles. The normalized spacial score (nSPS) is 22.3. The number of nitrogens with two attached hydrogens (primary N) is 1. The van der Waals surface area contributed by atoms with Crippen molar-refractivity contribution in [1.82, 2.24) is 4.90 Å². The number of thioether (sulfide) groups is 1. The van der Waals surface area contributed by atoms with E-state index in [4.69, 9.17) is 5.73 Å². The first kappa shape index (κ1) is 12.3. The van der Waals surface area contributed by atoms with Crippen LogP contribution in [0.25, 0.3) is 0 Å². The number of hydrogen-bond acceptors (Lipinski definition) is 3. The maximum absolute atomic E-state index is 6.11. The summed E-state index contributed by atoms with van der Waals surface area (Å²) in [5, 5.41) is 0. The van der Waals surface area contributed by atoms with Gasteiger partial charge in [-0.25, -0.2) is 0 Å². The highest BCUT2D eigenvalue weighted by Gasteiger charge is 2.13. The Balaban J connectivity index is 2.20. The van der Waals surface area contributed by atoms with Gasteiger partial charge < -0.3 is 10.6 Å². The van der Waals surface area contributed by atoms with Gasteiger partial charge in [0.15, 0.2) is 0 Å². The minimum atomic E-state index is 0.373. The molecule has 0 aromatic carbocycles. The van der Waals surface area contributed by atoms with Gasteiger partial charge in [0.05, 0.1) is 0 Å². The topological polar surface area (TPSA) is 29.3 Å². The zero-order chi connectivity index (χ0) is 10.4. The van der Waals surface area contributed by atoms with E-state index in [1.807, 2.05) is 0 Å². The first-order chi connectivity index (χ1) is 6.68. The second kappa shape index (κ2) is 6.70. The monoisotopic (exact) mass is 216 g/mol. The molecule has 2 nitrogen and oxygen atoms in total. The Morgan fingerprint density at radius 3 is 2.79 bits per heavy atom. The smallest absolute Gasteiger partial charge is 0.0170 e. The molecule has 0 spiro atoms. The van der Waals surface area contributed by atoms with Crippen molar-refractivity contribution in [3.63, 3.8) is 0 Å². The highest BCUT2D eigenvalue weighted by atomic mass is 32.2. The van der Waals surface area contributed by atoms with Gasteiger partial charge in [-0.15, -0.1) is 0 Å². The van der Waals surface area contributed by atoms with Crippen LogP contribution in [0.2, 0.25) is 0 Å². The number of rotatable bonds is 4. The van der Waals surface area contributed by atoms with Gasteiger partial charge >= 0.3 is 0 Å². The van der Waals surface area contributed by atoms with Crippen molar-refractivity contribution in [3.05, 3.63) is 0 Å². The predicted molar refractivity (Wildman–Crippen MR) is 65.8 cm³/mol. The van der Waals surface area contributed by atoms with Gasteiger partial charge in [-0.2, -0.15) is 11.8 Å². The van der Waals surface area contributed by atoms with E-state index < -0.39 is 0 Å². The van der Waals surface area contributed by atoms with E-state index in [0.29, 0.717) is 6.04 Å². The zero-order valence-electron chi connectivity index (χ0n) is 9.54. The summed E-state index contributed by atoms with van der Waals surface area (Å²) in [6, 6.07) is 0.373. The van der Waals surface area contributed by atoms with E-state index in [-0.39, 0.29) is 0 Å². The van der Waals surface area contributed by atoms with Crippen LogP contribution >= 0.6 is 11.8 Å². The molecule has 1 rings (SSSR count). The standard InChI is InChI=1S/C11H24N2S/c1-10(2)8-11(12)9-13-4-3-6-14-7-5-13/h10-11H,3-9,12H2,1-2H3. The lowest BCUT2D eigenvalue weighted by molar-refractivity contribution is 0.263. The molecule has 1 saturated heterocycles. The molecule has 1 heterocycles. The summed E-state index contributed by atoms with van der Waals surface area (Å²) in [7, 11) is 0. The van der Waals surface area contributed by atoms with Gasteiger partial charge in [-0.1, -0.05) is 13.8 Å². The summed E-state index contributed by atoms with van der Waals surface area (Å²) in [5.74, 6) is 3.34. The molecule has 0 bridgehead atoms. The summed E-state index contributed by atoms with van der Waals surface area (Å²) < 4.78 is 0. The van der Waals surface area contributed by atoms with Crippen molar-refractivity contribution in [1.29, 1.82) is 0 Å². The molecule has 84 valence electrons. The Hall–Kier alpha value is 0.270. The van der Waals surface area contributed by atoms with E-state index in [2.05, 4.69) is 30.5 Å². The molecule has 1 aliphatic rings. The van der Waals surface area contributed by atoms with E-state index >= 15 is 0 Å². The van der Waals surface area contributed by atoms with E-state index in [1.54, 1.807) is 0 Å². The summed E-state index contributed by atoms with van der Waals surface area (Å²) >= 11 is 2.08. The molecule has 0 aliphatic carbocycles. The van der Waals surface area contributed by atoms with Gasteiger partial charge in [0.1, 0.15) is 0 Å². The lowest BCUT2D eigenvalue weighted by Gasteiger charge is -2.24. The molecule has 3 heteroatoms. The SMILES string of the molecule is CC(C)CC(N)CN1CCCSCC1. The van der Waals surface area contributed by atoms with Crippen LogP contribution in [0.15, 0.2) is 0 Å². The molecule has 2 N–H and O–H groups in total. The second-order valence-corrected chi connectivity index (χ2v) is 5.88.